The highest BCUT2D eigenvalue weighted by Crippen LogP contribution is 2.28. The van der Waals surface area contributed by atoms with E-state index in [0.29, 0.717) is 25.8 Å². The number of halogens is 1. The molecule has 1 atom stereocenters. The van der Waals surface area contributed by atoms with Crippen LogP contribution in [0.2, 0.25) is 0 Å². The number of hydrogen-bond acceptors (Lipinski definition) is 3. The molecule has 134 valence electrons. The molecule has 4 nitrogen and oxygen atoms in total. The predicted octanol–water partition coefficient (Wildman–Crippen LogP) is 4.08. The van der Waals surface area contributed by atoms with Crippen molar-refractivity contribution in [2.24, 2.45) is 0 Å². The van der Waals surface area contributed by atoms with Gasteiger partial charge in [-0.25, -0.2) is 4.39 Å². The van der Waals surface area contributed by atoms with E-state index in [1.807, 2.05) is 24.3 Å². The van der Waals surface area contributed by atoms with E-state index in [2.05, 4.69) is 10.3 Å². The van der Waals surface area contributed by atoms with E-state index in [1.165, 1.54) is 12.1 Å². The summed E-state index contributed by atoms with van der Waals surface area (Å²) in [5.74, 6) is 0.532. The van der Waals surface area contributed by atoms with Crippen LogP contribution in [0.25, 0.3) is 0 Å². The molecule has 0 unspecified atom stereocenters. The molecule has 0 spiro atoms. The van der Waals surface area contributed by atoms with Gasteiger partial charge in [0, 0.05) is 31.3 Å². The normalized spacial score (nSPS) is 11.9. The van der Waals surface area contributed by atoms with Gasteiger partial charge in [0.05, 0.1) is 6.26 Å². The fourth-order valence-electron chi connectivity index (χ4n) is 2.91. The zero-order chi connectivity index (χ0) is 18.2. The molecule has 0 radical (unpaired) electrons. The summed E-state index contributed by atoms with van der Waals surface area (Å²) >= 11 is 0. The van der Waals surface area contributed by atoms with Crippen molar-refractivity contribution in [2.75, 3.05) is 6.54 Å². The zero-order valence-corrected chi connectivity index (χ0v) is 14.4. The van der Waals surface area contributed by atoms with Crippen molar-refractivity contribution in [3.63, 3.8) is 0 Å². The quantitative estimate of drug-likeness (QED) is 0.664. The number of hydrogen-bond donors (Lipinski definition) is 1. The number of aryl methyl sites for hydroxylation is 1. The van der Waals surface area contributed by atoms with Gasteiger partial charge in [-0.1, -0.05) is 12.1 Å². The van der Waals surface area contributed by atoms with E-state index in [0.717, 1.165) is 16.9 Å². The average molecular weight is 352 g/mol. The van der Waals surface area contributed by atoms with Gasteiger partial charge in [-0.05, 0) is 60.4 Å². The lowest BCUT2D eigenvalue weighted by Gasteiger charge is -2.16. The van der Waals surface area contributed by atoms with Crippen molar-refractivity contribution in [1.29, 1.82) is 0 Å². The number of nitrogens with zero attached hydrogens (tertiary/aromatic N) is 1. The number of pyridine rings is 1. The van der Waals surface area contributed by atoms with Crippen LogP contribution in [-0.2, 0) is 11.2 Å². The van der Waals surface area contributed by atoms with E-state index in [4.69, 9.17) is 4.42 Å². The molecule has 0 aliphatic carbocycles. The van der Waals surface area contributed by atoms with Gasteiger partial charge in [0.2, 0.25) is 5.91 Å². The Bertz CT molecular complexity index is 802. The third-order valence-corrected chi connectivity index (χ3v) is 4.30. The monoisotopic (exact) mass is 352 g/mol. The van der Waals surface area contributed by atoms with Crippen molar-refractivity contribution in [1.82, 2.24) is 10.3 Å². The summed E-state index contributed by atoms with van der Waals surface area (Å²) in [4.78, 5) is 16.0. The Hall–Kier alpha value is -2.95. The third-order valence-electron chi connectivity index (χ3n) is 4.30. The highest BCUT2D eigenvalue weighted by atomic mass is 19.1. The predicted molar refractivity (Wildman–Crippen MR) is 97.1 cm³/mol. The molecule has 1 aromatic carbocycles. The second kappa shape index (κ2) is 8.94. The standard InChI is InChI=1S/C21H21FN2O2/c22-18-6-4-17(5-7-18)19(20-2-1-15-26-20)11-14-24-21(25)8-3-16-9-12-23-13-10-16/h1-2,4-7,9-10,12-13,15,19H,3,8,11,14H2,(H,24,25)/t19-/m1/s1. The molecule has 1 N–H and O–H groups in total. The van der Waals surface area contributed by atoms with Gasteiger partial charge in [-0.2, -0.15) is 0 Å². The second-order valence-corrected chi connectivity index (χ2v) is 6.11. The first-order valence-corrected chi connectivity index (χ1v) is 8.67. The van der Waals surface area contributed by atoms with Crippen LogP contribution < -0.4 is 5.32 Å². The maximum atomic E-state index is 13.2. The molecule has 0 fully saturated rings. The number of rotatable bonds is 8. The van der Waals surface area contributed by atoms with Crippen molar-refractivity contribution < 1.29 is 13.6 Å². The van der Waals surface area contributed by atoms with Gasteiger partial charge in [0.1, 0.15) is 11.6 Å². The van der Waals surface area contributed by atoms with Crippen LogP contribution in [0.15, 0.2) is 71.6 Å². The molecule has 3 rings (SSSR count). The van der Waals surface area contributed by atoms with Crippen LogP contribution in [0.5, 0.6) is 0 Å². The summed E-state index contributed by atoms with van der Waals surface area (Å²) in [5, 5.41) is 2.96. The Morgan fingerprint density at radius 3 is 2.58 bits per heavy atom. The van der Waals surface area contributed by atoms with Crippen molar-refractivity contribution >= 4 is 5.91 Å². The van der Waals surface area contributed by atoms with Crippen LogP contribution >= 0.6 is 0 Å². The first-order chi connectivity index (χ1) is 12.7. The maximum absolute atomic E-state index is 13.2. The van der Waals surface area contributed by atoms with Crippen LogP contribution in [0.1, 0.15) is 35.6 Å². The lowest BCUT2D eigenvalue weighted by atomic mass is 9.93. The molecule has 0 aliphatic rings. The minimum Gasteiger partial charge on any atom is -0.469 e. The fourth-order valence-corrected chi connectivity index (χ4v) is 2.91. The van der Waals surface area contributed by atoms with Crippen LogP contribution in [0.4, 0.5) is 4.39 Å². The molecule has 26 heavy (non-hydrogen) atoms. The highest BCUT2D eigenvalue weighted by molar-refractivity contribution is 5.76. The number of nitrogens with one attached hydrogen (secondary N) is 1. The fraction of sp³-hybridized carbons (Fsp3) is 0.238. The van der Waals surface area contributed by atoms with Gasteiger partial charge in [0.15, 0.2) is 0 Å². The number of carbonyl (C=O) groups is 1. The summed E-state index contributed by atoms with van der Waals surface area (Å²) in [7, 11) is 0. The van der Waals surface area contributed by atoms with E-state index in [1.54, 1.807) is 30.8 Å². The Morgan fingerprint density at radius 1 is 1.12 bits per heavy atom. The van der Waals surface area contributed by atoms with E-state index in [-0.39, 0.29) is 17.6 Å². The van der Waals surface area contributed by atoms with Gasteiger partial charge < -0.3 is 9.73 Å². The topological polar surface area (TPSA) is 55.1 Å². The number of amides is 1. The van der Waals surface area contributed by atoms with Gasteiger partial charge in [-0.15, -0.1) is 0 Å². The second-order valence-electron chi connectivity index (χ2n) is 6.11. The van der Waals surface area contributed by atoms with Gasteiger partial charge >= 0.3 is 0 Å². The Balaban J connectivity index is 1.53. The summed E-state index contributed by atoms with van der Waals surface area (Å²) in [5.41, 5.74) is 2.06. The molecule has 2 aromatic heterocycles. The maximum Gasteiger partial charge on any atom is 0.220 e. The number of furan rings is 1. The van der Waals surface area contributed by atoms with E-state index < -0.39 is 0 Å². The van der Waals surface area contributed by atoms with Crippen LogP contribution in [0, 0.1) is 5.82 Å². The largest absolute Gasteiger partial charge is 0.469 e. The molecule has 5 heteroatoms. The van der Waals surface area contributed by atoms with Crippen molar-refractivity contribution in [2.45, 2.75) is 25.2 Å². The molecule has 0 saturated heterocycles. The van der Waals surface area contributed by atoms with Crippen LogP contribution in [0.3, 0.4) is 0 Å². The molecule has 1 amide bonds. The van der Waals surface area contributed by atoms with E-state index >= 15 is 0 Å². The smallest absolute Gasteiger partial charge is 0.220 e. The number of carbonyl (C=O) groups excluding carboxylic acids is 1. The number of benzene rings is 1. The zero-order valence-electron chi connectivity index (χ0n) is 14.4. The first kappa shape index (κ1) is 17.9. The summed E-state index contributed by atoms with van der Waals surface area (Å²) in [6.07, 6.45) is 6.88. The molecular formula is C21H21FN2O2. The summed E-state index contributed by atoms with van der Waals surface area (Å²) in [6, 6.07) is 14.0. The molecule has 0 saturated carbocycles. The molecule has 0 bridgehead atoms. The average Bonchev–Trinajstić information content (AvgIpc) is 3.20. The SMILES string of the molecule is O=C(CCc1ccncc1)NCC[C@H](c1ccc(F)cc1)c1ccco1. The van der Waals surface area contributed by atoms with Gasteiger partial charge in [0.25, 0.3) is 0 Å². The van der Waals surface area contributed by atoms with Crippen molar-refractivity contribution in [3.05, 3.63) is 89.9 Å². The van der Waals surface area contributed by atoms with Crippen LogP contribution in [-0.4, -0.2) is 17.4 Å². The Morgan fingerprint density at radius 2 is 1.88 bits per heavy atom. The lowest BCUT2D eigenvalue weighted by molar-refractivity contribution is -0.121. The summed E-state index contributed by atoms with van der Waals surface area (Å²) < 4.78 is 18.7. The number of aromatic nitrogens is 1. The molecule has 3 aromatic rings. The minimum absolute atomic E-state index is 0.0131. The molecule has 0 aliphatic heterocycles. The Labute approximate surface area is 152 Å². The first-order valence-electron chi connectivity index (χ1n) is 8.67. The van der Waals surface area contributed by atoms with E-state index in [9.17, 15) is 9.18 Å². The summed E-state index contributed by atoms with van der Waals surface area (Å²) in [6.45, 7) is 0.526. The van der Waals surface area contributed by atoms with Crippen molar-refractivity contribution in [3.8, 4) is 0 Å². The van der Waals surface area contributed by atoms with Gasteiger partial charge in [-0.3, -0.25) is 9.78 Å². The Kier molecular flexibility index (Phi) is 6.14. The molecular weight excluding hydrogens is 331 g/mol. The highest BCUT2D eigenvalue weighted by Gasteiger charge is 2.17. The minimum atomic E-state index is -0.267. The lowest BCUT2D eigenvalue weighted by Crippen LogP contribution is -2.26. The molecule has 2 heterocycles. The third kappa shape index (κ3) is 5.02.